The molecule has 2 fully saturated rings. The molecular weight excluding hydrogens is 370 g/mol. The molecule has 1 aliphatic carbocycles. The van der Waals surface area contributed by atoms with Gasteiger partial charge in [0.2, 0.25) is 5.95 Å². The van der Waals surface area contributed by atoms with Crippen LogP contribution >= 0.6 is 23.4 Å². The number of imidazole rings is 1. The molecule has 0 bridgehead atoms. The van der Waals surface area contributed by atoms with Gasteiger partial charge in [0.25, 0.3) is 0 Å². The van der Waals surface area contributed by atoms with Gasteiger partial charge in [0.05, 0.1) is 9.92 Å². The van der Waals surface area contributed by atoms with Gasteiger partial charge in [-0.25, -0.2) is 15.0 Å². The van der Waals surface area contributed by atoms with Crippen LogP contribution in [0, 0.1) is 11.3 Å². The number of fused-ring (bicyclic) bond motifs is 2. The third kappa shape index (κ3) is 2.22. The Hall–Kier alpha value is -2.03. The molecule has 0 radical (unpaired) electrons. The van der Waals surface area contributed by atoms with Crippen LogP contribution in [-0.2, 0) is 0 Å². The Kier molecular flexibility index (Phi) is 3.41. The summed E-state index contributed by atoms with van der Waals surface area (Å²) in [7, 11) is 0. The van der Waals surface area contributed by atoms with Gasteiger partial charge < -0.3 is 16.4 Å². The van der Waals surface area contributed by atoms with Gasteiger partial charge in [-0.05, 0) is 6.07 Å². The van der Waals surface area contributed by atoms with E-state index in [2.05, 4.69) is 21.8 Å². The number of piperidine rings is 1. The first-order valence-corrected chi connectivity index (χ1v) is 9.59. The Balaban J connectivity index is 1.50. The monoisotopic (exact) mass is 387 g/mol. The third-order valence-corrected chi connectivity index (χ3v) is 7.22. The minimum Gasteiger partial charge on any atom is -0.382 e. The fraction of sp³-hybridized carbons (Fsp3) is 0.353. The van der Waals surface area contributed by atoms with E-state index in [4.69, 9.17) is 28.1 Å². The Labute approximate surface area is 159 Å². The van der Waals surface area contributed by atoms with Crippen LogP contribution < -0.4 is 16.4 Å². The molecule has 2 aliphatic rings. The van der Waals surface area contributed by atoms with Crippen LogP contribution in [0.2, 0.25) is 5.02 Å². The van der Waals surface area contributed by atoms with Crippen molar-refractivity contribution in [3.63, 3.8) is 0 Å². The van der Waals surface area contributed by atoms with E-state index in [0.717, 1.165) is 34.5 Å². The molecule has 3 atom stereocenters. The SMILES string of the molecule is C[C@]12CN(c3ncc(Sc4ccnc(N)c4Cl)c4nccn34)C[C@H]1[C@@H]2N. The third-order valence-electron chi connectivity index (χ3n) is 5.64. The van der Waals surface area contributed by atoms with E-state index in [1.165, 1.54) is 11.8 Å². The fourth-order valence-corrected chi connectivity index (χ4v) is 5.07. The van der Waals surface area contributed by atoms with Crippen molar-refractivity contribution in [3.8, 4) is 0 Å². The summed E-state index contributed by atoms with van der Waals surface area (Å²) < 4.78 is 2.03. The molecule has 1 saturated carbocycles. The highest BCUT2D eigenvalue weighted by atomic mass is 35.5. The minimum absolute atomic E-state index is 0.212. The standard InChI is InChI=1S/C17H18ClN7S/c1-17-8-24(7-9(17)13(17)19)16-23-6-11(15-22-4-5-25(15)16)26-10-2-3-21-14(20)12(10)18/h2-6,9,13H,7-8,19H2,1H3,(H2,20,21)/t9-,13-,17-/m0/s1. The molecule has 3 aromatic heterocycles. The first-order chi connectivity index (χ1) is 12.5. The molecule has 7 nitrogen and oxygen atoms in total. The Morgan fingerprint density at radius 1 is 1.27 bits per heavy atom. The molecule has 0 aromatic carbocycles. The van der Waals surface area contributed by atoms with Gasteiger partial charge in [0.1, 0.15) is 5.82 Å². The number of aromatic nitrogens is 4. The Morgan fingerprint density at radius 3 is 2.88 bits per heavy atom. The van der Waals surface area contributed by atoms with E-state index in [-0.39, 0.29) is 5.41 Å². The molecule has 1 aliphatic heterocycles. The summed E-state index contributed by atoms with van der Waals surface area (Å²) in [5, 5.41) is 0.452. The molecule has 0 amide bonds. The zero-order valence-corrected chi connectivity index (χ0v) is 15.7. The lowest BCUT2D eigenvalue weighted by Crippen LogP contribution is -2.32. The van der Waals surface area contributed by atoms with Crippen molar-refractivity contribution >= 4 is 40.8 Å². The fourth-order valence-electron chi connectivity index (χ4n) is 3.94. The van der Waals surface area contributed by atoms with E-state index in [1.807, 2.05) is 22.9 Å². The smallest absolute Gasteiger partial charge is 0.211 e. The first kappa shape index (κ1) is 16.2. The summed E-state index contributed by atoms with van der Waals surface area (Å²) in [5.41, 5.74) is 13.0. The minimum atomic E-state index is 0.212. The van der Waals surface area contributed by atoms with E-state index in [0.29, 0.717) is 22.8 Å². The summed E-state index contributed by atoms with van der Waals surface area (Å²) in [4.78, 5) is 17.3. The highest BCUT2D eigenvalue weighted by Crippen LogP contribution is 2.56. The van der Waals surface area contributed by atoms with Gasteiger partial charge >= 0.3 is 0 Å². The van der Waals surface area contributed by atoms with E-state index < -0.39 is 0 Å². The normalized spacial score (nSPS) is 27.1. The number of nitrogens with zero attached hydrogens (tertiary/aromatic N) is 5. The van der Waals surface area contributed by atoms with Crippen molar-refractivity contribution in [1.82, 2.24) is 19.4 Å². The maximum Gasteiger partial charge on any atom is 0.211 e. The van der Waals surface area contributed by atoms with Gasteiger partial charge in [-0.1, -0.05) is 30.3 Å². The highest BCUT2D eigenvalue weighted by Gasteiger charge is 2.64. The molecule has 3 aromatic rings. The number of pyridine rings is 1. The summed E-state index contributed by atoms with van der Waals surface area (Å²) in [6.07, 6.45) is 7.23. The molecule has 4 heterocycles. The number of hydrogen-bond acceptors (Lipinski definition) is 7. The zero-order valence-electron chi connectivity index (χ0n) is 14.1. The summed E-state index contributed by atoms with van der Waals surface area (Å²) in [6.45, 7) is 4.13. The van der Waals surface area contributed by atoms with Crippen LogP contribution in [0.3, 0.4) is 0 Å². The predicted octanol–water partition coefficient (Wildman–Crippen LogP) is 2.29. The van der Waals surface area contributed by atoms with Crippen LogP contribution in [0.25, 0.3) is 5.65 Å². The van der Waals surface area contributed by atoms with Gasteiger partial charge in [0, 0.05) is 60.1 Å². The van der Waals surface area contributed by atoms with Crippen molar-refractivity contribution in [2.24, 2.45) is 17.1 Å². The molecule has 5 rings (SSSR count). The lowest BCUT2D eigenvalue weighted by molar-refractivity contribution is 0.566. The van der Waals surface area contributed by atoms with Crippen LogP contribution in [0.15, 0.2) is 40.6 Å². The van der Waals surface area contributed by atoms with Crippen LogP contribution in [0.1, 0.15) is 6.92 Å². The van der Waals surface area contributed by atoms with E-state index in [9.17, 15) is 0 Å². The topological polar surface area (TPSA) is 98.4 Å². The average Bonchev–Trinajstić information content (AvgIpc) is 3.05. The molecule has 26 heavy (non-hydrogen) atoms. The van der Waals surface area contributed by atoms with E-state index in [1.54, 1.807) is 12.4 Å². The molecule has 9 heteroatoms. The number of halogens is 1. The molecule has 0 unspecified atom stereocenters. The molecule has 4 N–H and O–H groups in total. The lowest BCUT2D eigenvalue weighted by Gasteiger charge is -2.23. The Morgan fingerprint density at radius 2 is 2.12 bits per heavy atom. The average molecular weight is 388 g/mol. The maximum absolute atomic E-state index is 6.28. The number of anilines is 2. The van der Waals surface area contributed by atoms with Crippen molar-refractivity contribution < 1.29 is 0 Å². The second kappa shape index (κ2) is 5.48. The second-order valence-corrected chi connectivity index (χ2v) is 8.63. The quantitative estimate of drug-likeness (QED) is 0.711. The largest absolute Gasteiger partial charge is 0.382 e. The summed E-state index contributed by atoms with van der Waals surface area (Å²) >= 11 is 7.76. The van der Waals surface area contributed by atoms with Gasteiger partial charge in [-0.15, -0.1) is 0 Å². The zero-order chi connectivity index (χ0) is 18.1. The van der Waals surface area contributed by atoms with Crippen LogP contribution in [-0.4, -0.2) is 38.5 Å². The van der Waals surface area contributed by atoms with Crippen LogP contribution in [0.4, 0.5) is 11.8 Å². The van der Waals surface area contributed by atoms with Crippen molar-refractivity contribution in [3.05, 3.63) is 35.9 Å². The van der Waals surface area contributed by atoms with Gasteiger partial charge in [-0.2, -0.15) is 0 Å². The lowest BCUT2D eigenvalue weighted by atomic mass is 10.1. The number of hydrogen-bond donors (Lipinski definition) is 2. The predicted molar refractivity (Wildman–Crippen MR) is 103 cm³/mol. The van der Waals surface area contributed by atoms with Crippen molar-refractivity contribution in [2.75, 3.05) is 23.7 Å². The summed E-state index contributed by atoms with van der Waals surface area (Å²) in [6, 6.07) is 2.15. The second-order valence-electron chi connectivity index (χ2n) is 7.17. The Bertz CT molecular complexity index is 1020. The van der Waals surface area contributed by atoms with Gasteiger partial charge in [0.15, 0.2) is 5.65 Å². The molecule has 134 valence electrons. The first-order valence-electron chi connectivity index (χ1n) is 8.39. The number of nitrogens with two attached hydrogens (primary N) is 2. The highest BCUT2D eigenvalue weighted by molar-refractivity contribution is 7.99. The van der Waals surface area contributed by atoms with Crippen molar-refractivity contribution in [1.29, 1.82) is 0 Å². The molecule has 1 saturated heterocycles. The number of nitrogen functional groups attached to an aromatic ring is 1. The molecular formula is C17H18ClN7S. The van der Waals surface area contributed by atoms with Crippen LogP contribution in [0.5, 0.6) is 0 Å². The van der Waals surface area contributed by atoms with E-state index >= 15 is 0 Å². The summed E-state index contributed by atoms with van der Waals surface area (Å²) in [5.74, 6) is 1.78. The maximum atomic E-state index is 6.28. The number of rotatable bonds is 3. The van der Waals surface area contributed by atoms with Gasteiger partial charge in [-0.3, -0.25) is 4.40 Å². The molecule has 0 spiro atoms. The van der Waals surface area contributed by atoms with Crippen molar-refractivity contribution in [2.45, 2.75) is 22.8 Å².